The van der Waals surface area contributed by atoms with Crippen LogP contribution >= 0.6 is 27.5 Å². The van der Waals surface area contributed by atoms with Crippen LogP contribution in [-0.4, -0.2) is 10.1 Å². The molecule has 1 heterocycles. The topological polar surface area (TPSA) is 42.4 Å². The first kappa shape index (κ1) is 14.2. The van der Waals surface area contributed by atoms with Crippen molar-refractivity contribution < 1.29 is 14.2 Å². The molecule has 1 N–H and O–H groups in total. The third-order valence-corrected chi connectivity index (χ3v) is 3.30. The molecule has 0 saturated carbocycles. The SMILES string of the molecule is CC(O)c1ccc(Oc2cc(F)c(Cl)cc2Br)cn1. The lowest BCUT2D eigenvalue weighted by Gasteiger charge is -2.09. The summed E-state index contributed by atoms with van der Waals surface area (Å²) in [5.74, 6) is 0.175. The van der Waals surface area contributed by atoms with Crippen LogP contribution in [0, 0.1) is 5.82 Å². The molecule has 0 radical (unpaired) electrons. The lowest BCUT2D eigenvalue weighted by atomic mass is 10.2. The number of hydrogen-bond donors (Lipinski definition) is 1. The van der Waals surface area contributed by atoms with Crippen LogP contribution in [0.4, 0.5) is 4.39 Å². The van der Waals surface area contributed by atoms with Crippen molar-refractivity contribution in [1.82, 2.24) is 4.98 Å². The van der Waals surface area contributed by atoms with Gasteiger partial charge in [-0.05, 0) is 41.1 Å². The Hall–Kier alpha value is -1.17. The Morgan fingerprint density at radius 3 is 2.74 bits per heavy atom. The molecule has 0 amide bonds. The molecule has 1 aromatic heterocycles. The maximum absolute atomic E-state index is 13.4. The molecule has 0 spiro atoms. The summed E-state index contributed by atoms with van der Waals surface area (Å²) in [6.07, 6.45) is 0.815. The number of rotatable bonds is 3. The van der Waals surface area contributed by atoms with Gasteiger partial charge in [0.05, 0.1) is 27.5 Å². The zero-order valence-corrected chi connectivity index (χ0v) is 12.2. The average Bonchev–Trinajstić information content (AvgIpc) is 2.36. The number of aliphatic hydroxyl groups excluding tert-OH is 1. The van der Waals surface area contributed by atoms with E-state index in [1.54, 1.807) is 19.1 Å². The smallest absolute Gasteiger partial charge is 0.145 e. The monoisotopic (exact) mass is 345 g/mol. The van der Waals surface area contributed by atoms with Crippen LogP contribution in [0.3, 0.4) is 0 Å². The Morgan fingerprint density at radius 2 is 2.16 bits per heavy atom. The highest BCUT2D eigenvalue weighted by Gasteiger charge is 2.09. The Kier molecular flexibility index (Phi) is 4.39. The molecule has 1 unspecified atom stereocenters. The number of pyridine rings is 1. The van der Waals surface area contributed by atoms with Crippen LogP contribution in [0.2, 0.25) is 5.02 Å². The van der Waals surface area contributed by atoms with Crippen molar-refractivity contribution >= 4 is 27.5 Å². The van der Waals surface area contributed by atoms with Crippen molar-refractivity contribution in [1.29, 1.82) is 0 Å². The van der Waals surface area contributed by atoms with Gasteiger partial charge in [-0.15, -0.1) is 0 Å². The van der Waals surface area contributed by atoms with Gasteiger partial charge < -0.3 is 9.84 Å². The van der Waals surface area contributed by atoms with Gasteiger partial charge >= 0.3 is 0 Å². The molecule has 100 valence electrons. The van der Waals surface area contributed by atoms with E-state index in [9.17, 15) is 9.50 Å². The van der Waals surface area contributed by atoms with Crippen LogP contribution in [0.15, 0.2) is 34.9 Å². The minimum absolute atomic E-state index is 0.0156. The molecule has 0 fully saturated rings. The summed E-state index contributed by atoms with van der Waals surface area (Å²) in [6.45, 7) is 1.62. The van der Waals surface area contributed by atoms with E-state index in [2.05, 4.69) is 20.9 Å². The van der Waals surface area contributed by atoms with E-state index >= 15 is 0 Å². The quantitative estimate of drug-likeness (QED) is 0.833. The van der Waals surface area contributed by atoms with Crippen molar-refractivity contribution in [2.45, 2.75) is 13.0 Å². The maximum Gasteiger partial charge on any atom is 0.145 e. The molecule has 2 rings (SSSR count). The van der Waals surface area contributed by atoms with E-state index in [1.165, 1.54) is 18.3 Å². The number of halogens is 3. The molecule has 19 heavy (non-hydrogen) atoms. The van der Waals surface area contributed by atoms with Crippen molar-refractivity contribution in [2.75, 3.05) is 0 Å². The van der Waals surface area contributed by atoms with Crippen molar-refractivity contribution in [3.63, 3.8) is 0 Å². The minimum atomic E-state index is -0.645. The summed E-state index contributed by atoms with van der Waals surface area (Å²) in [4.78, 5) is 4.03. The Morgan fingerprint density at radius 1 is 1.42 bits per heavy atom. The van der Waals surface area contributed by atoms with Gasteiger partial charge in [-0.25, -0.2) is 4.39 Å². The van der Waals surface area contributed by atoms with E-state index in [0.29, 0.717) is 21.7 Å². The van der Waals surface area contributed by atoms with Crippen LogP contribution in [0.1, 0.15) is 18.7 Å². The number of aromatic nitrogens is 1. The van der Waals surface area contributed by atoms with Gasteiger partial charge in [-0.3, -0.25) is 4.98 Å². The first-order valence-corrected chi connectivity index (χ1v) is 6.61. The number of ether oxygens (including phenoxy) is 1. The third-order valence-electron chi connectivity index (χ3n) is 2.39. The van der Waals surface area contributed by atoms with E-state index in [1.807, 2.05) is 0 Å². The summed E-state index contributed by atoms with van der Waals surface area (Å²) in [6, 6.07) is 5.90. The second kappa shape index (κ2) is 5.86. The van der Waals surface area contributed by atoms with Gasteiger partial charge in [0.15, 0.2) is 0 Å². The van der Waals surface area contributed by atoms with Gasteiger partial charge in [-0.2, -0.15) is 0 Å². The summed E-state index contributed by atoms with van der Waals surface area (Å²) >= 11 is 8.88. The fraction of sp³-hybridized carbons (Fsp3) is 0.154. The van der Waals surface area contributed by atoms with Gasteiger partial charge in [0.2, 0.25) is 0 Å². The summed E-state index contributed by atoms with van der Waals surface area (Å²) in [5.41, 5.74) is 0.536. The maximum atomic E-state index is 13.4. The van der Waals surface area contributed by atoms with Crippen molar-refractivity contribution in [2.24, 2.45) is 0 Å². The van der Waals surface area contributed by atoms with Gasteiger partial charge in [-0.1, -0.05) is 11.6 Å². The highest BCUT2D eigenvalue weighted by atomic mass is 79.9. The van der Waals surface area contributed by atoms with Crippen LogP contribution in [0.5, 0.6) is 11.5 Å². The van der Waals surface area contributed by atoms with Gasteiger partial charge in [0.1, 0.15) is 17.3 Å². The fourth-order valence-electron chi connectivity index (χ4n) is 1.41. The van der Waals surface area contributed by atoms with Gasteiger partial charge in [0.25, 0.3) is 0 Å². The highest BCUT2D eigenvalue weighted by molar-refractivity contribution is 9.10. The molecular weight excluding hydrogens is 337 g/mol. The Labute approximate surface area is 123 Å². The molecule has 0 saturated heterocycles. The zero-order valence-electron chi connectivity index (χ0n) is 9.90. The van der Waals surface area contributed by atoms with E-state index in [0.717, 1.165) is 0 Å². The van der Waals surface area contributed by atoms with Crippen molar-refractivity contribution in [3.05, 3.63) is 51.5 Å². The fourth-order valence-corrected chi connectivity index (χ4v) is 2.13. The summed E-state index contributed by atoms with van der Waals surface area (Å²) in [7, 11) is 0. The van der Waals surface area contributed by atoms with Crippen molar-refractivity contribution in [3.8, 4) is 11.5 Å². The molecule has 6 heteroatoms. The predicted molar refractivity (Wildman–Crippen MR) is 74.1 cm³/mol. The molecule has 1 atom stereocenters. The number of nitrogens with zero attached hydrogens (tertiary/aromatic N) is 1. The van der Waals surface area contributed by atoms with Crippen LogP contribution in [0.25, 0.3) is 0 Å². The van der Waals surface area contributed by atoms with Crippen LogP contribution < -0.4 is 4.74 Å². The number of hydrogen-bond acceptors (Lipinski definition) is 3. The van der Waals surface area contributed by atoms with Gasteiger partial charge in [0, 0.05) is 6.07 Å². The van der Waals surface area contributed by atoms with E-state index in [-0.39, 0.29) is 5.02 Å². The Balaban J connectivity index is 2.24. The standard InChI is InChI=1S/C13H10BrClFNO2/c1-7(18)12-3-2-8(6-17-12)19-13-5-11(16)10(15)4-9(13)14/h2-7,18H,1H3. The molecule has 0 bridgehead atoms. The molecular formula is C13H10BrClFNO2. The second-order valence-electron chi connectivity index (χ2n) is 3.89. The third kappa shape index (κ3) is 3.43. The zero-order chi connectivity index (χ0) is 14.0. The normalized spacial score (nSPS) is 12.3. The molecule has 0 aliphatic carbocycles. The summed E-state index contributed by atoms with van der Waals surface area (Å²) < 4.78 is 19.4. The molecule has 2 aromatic rings. The minimum Gasteiger partial charge on any atom is -0.454 e. The highest BCUT2D eigenvalue weighted by Crippen LogP contribution is 2.33. The van der Waals surface area contributed by atoms with Crippen LogP contribution in [-0.2, 0) is 0 Å². The molecule has 0 aliphatic heterocycles. The molecule has 0 aliphatic rings. The molecule has 3 nitrogen and oxygen atoms in total. The van der Waals surface area contributed by atoms with E-state index < -0.39 is 11.9 Å². The first-order chi connectivity index (χ1) is 8.97. The summed E-state index contributed by atoms with van der Waals surface area (Å²) in [5, 5.41) is 9.36. The molecule has 1 aromatic carbocycles. The lowest BCUT2D eigenvalue weighted by Crippen LogP contribution is -1.95. The number of aliphatic hydroxyl groups is 1. The predicted octanol–water partition coefficient (Wildman–Crippen LogP) is 4.48. The largest absolute Gasteiger partial charge is 0.454 e. The average molecular weight is 347 g/mol. The van der Waals surface area contributed by atoms with E-state index in [4.69, 9.17) is 16.3 Å². The first-order valence-electron chi connectivity index (χ1n) is 5.44. The number of benzene rings is 1. The second-order valence-corrected chi connectivity index (χ2v) is 5.16. The Bertz CT molecular complexity index is 590. The lowest BCUT2D eigenvalue weighted by molar-refractivity contribution is 0.194.